The highest BCUT2D eigenvalue weighted by Crippen LogP contribution is 2.42. The van der Waals surface area contributed by atoms with Gasteiger partial charge in [-0.15, -0.1) is 0 Å². The van der Waals surface area contributed by atoms with Gasteiger partial charge in [0.15, 0.2) is 6.17 Å². The number of aliphatic imine (C=N–C) groups is 2. The summed E-state index contributed by atoms with van der Waals surface area (Å²) >= 11 is 0. The molecule has 1 aromatic heterocycles. The molecule has 5 heterocycles. The molecule has 4 aliphatic heterocycles. The number of anilines is 1. The Hall–Kier alpha value is -3.50. The van der Waals surface area contributed by atoms with E-state index in [1.165, 1.54) is 0 Å². The van der Waals surface area contributed by atoms with E-state index in [9.17, 15) is 0 Å². The van der Waals surface area contributed by atoms with Gasteiger partial charge in [-0.05, 0) is 49.6 Å². The van der Waals surface area contributed by atoms with Crippen molar-refractivity contribution in [3.63, 3.8) is 0 Å². The first-order valence-electron chi connectivity index (χ1n) is 13.1. The minimum absolute atomic E-state index is 0.00108. The Kier molecular flexibility index (Phi) is 5.23. The molecule has 0 bridgehead atoms. The molecule has 2 aromatic rings. The number of likely N-dealkylation sites (N-methyl/N-ethyl adjacent to an activating group) is 1. The van der Waals surface area contributed by atoms with E-state index in [-0.39, 0.29) is 23.8 Å². The summed E-state index contributed by atoms with van der Waals surface area (Å²) in [6.07, 6.45) is 8.19. The molecular weight excluding hydrogens is 468 g/mol. The van der Waals surface area contributed by atoms with Gasteiger partial charge in [0.1, 0.15) is 5.84 Å². The molecule has 5 aliphatic rings. The number of fused-ring (bicyclic) bond motifs is 2. The van der Waals surface area contributed by atoms with Crippen LogP contribution in [-0.2, 0) is 9.47 Å². The lowest BCUT2D eigenvalue weighted by atomic mass is 9.99. The molecule has 37 heavy (non-hydrogen) atoms. The van der Waals surface area contributed by atoms with E-state index in [4.69, 9.17) is 25.2 Å². The molecule has 192 valence electrons. The summed E-state index contributed by atoms with van der Waals surface area (Å²) in [5, 5.41) is 0.955. The Balaban J connectivity index is 1.28. The summed E-state index contributed by atoms with van der Waals surface area (Å²) in [5.41, 5.74) is 9.91. The monoisotopic (exact) mass is 500 g/mol. The van der Waals surface area contributed by atoms with E-state index in [1.54, 1.807) is 6.20 Å². The molecule has 2 saturated heterocycles. The van der Waals surface area contributed by atoms with Crippen molar-refractivity contribution in [3.8, 4) is 0 Å². The van der Waals surface area contributed by atoms with E-state index in [1.807, 2.05) is 6.07 Å². The average Bonchev–Trinajstić information content (AvgIpc) is 3.66. The third-order valence-corrected chi connectivity index (χ3v) is 8.02. The van der Waals surface area contributed by atoms with E-state index < -0.39 is 0 Å². The van der Waals surface area contributed by atoms with Crippen molar-refractivity contribution >= 4 is 34.3 Å². The van der Waals surface area contributed by atoms with Gasteiger partial charge in [0, 0.05) is 49.5 Å². The molecule has 0 radical (unpaired) electrons. The van der Waals surface area contributed by atoms with Gasteiger partial charge in [-0.1, -0.05) is 6.07 Å². The summed E-state index contributed by atoms with van der Waals surface area (Å²) in [5.74, 6) is 2.10. The van der Waals surface area contributed by atoms with Crippen molar-refractivity contribution in [2.75, 3.05) is 52.2 Å². The first kappa shape index (κ1) is 22.7. The Morgan fingerprint density at radius 2 is 2.03 bits per heavy atom. The number of nitrogen functional groups attached to an aromatic ring is 1. The van der Waals surface area contributed by atoms with Crippen LogP contribution in [0, 0.1) is 0 Å². The highest BCUT2D eigenvalue weighted by Gasteiger charge is 2.49. The molecule has 10 nitrogen and oxygen atoms in total. The second kappa shape index (κ2) is 8.53. The van der Waals surface area contributed by atoms with Gasteiger partial charge in [-0.3, -0.25) is 0 Å². The molecule has 1 unspecified atom stereocenters. The Bertz CT molecular complexity index is 1380. The Morgan fingerprint density at radius 1 is 1.14 bits per heavy atom. The van der Waals surface area contributed by atoms with Crippen LogP contribution in [0.2, 0.25) is 0 Å². The largest absolute Gasteiger partial charge is 0.377 e. The number of allylic oxidation sites excluding steroid dienone is 2. The number of guanidine groups is 1. The maximum Gasteiger partial charge on any atom is 0.225 e. The number of hydrogen-bond acceptors (Lipinski definition) is 10. The van der Waals surface area contributed by atoms with Crippen LogP contribution in [-0.4, -0.2) is 101 Å². The fourth-order valence-corrected chi connectivity index (χ4v) is 5.74. The minimum Gasteiger partial charge on any atom is -0.377 e. The van der Waals surface area contributed by atoms with Gasteiger partial charge >= 0.3 is 0 Å². The maximum absolute atomic E-state index is 6.08. The van der Waals surface area contributed by atoms with Gasteiger partial charge in [-0.25, -0.2) is 15.0 Å². The predicted octanol–water partition coefficient (Wildman–Crippen LogP) is 2.10. The van der Waals surface area contributed by atoms with Gasteiger partial charge in [0.25, 0.3) is 0 Å². The zero-order valence-electron chi connectivity index (χ0n) is 21.3. The van der Waals surface area contributed by atoms with Crippen LogP contribution in [0.3, 0.4) is 0 Å². The van der Waals surface area contributed by atoms with E-state index in [0.29, 0.717) is 13.2 Å². The topological polar surface area (TPSA) is 105 Å². The van der Waals surface area contributed by atoms with Gasteiger partial charge in [0.2, 0.25) is 11.9 Å². The van der Waals surface area contributed by atoms with Crippen molar-refractivity contribution < 1.29 is 9.47 Å². The lowest BCUT2D eigenvalue weighted by Gasteiger charge is -2.44. The second-order valence-electron chi connectivity index (χ2n) is 10.6. The van der Waals surface area contributed by atoms with Gasteiger partial charge < -0.3 is 29.9 Å². The van der Waals surface area contributed by atoms with Crippen LogP contribution >= 0.6 is 0 Å². The second-order valence-corrected chi connectivity index (χ2v) is 10.6. The number of ether oxygens (including phenoxy) is 2. The molecule has 10 heteroatoms. The fraction of sp³-hybridized carbons (Fsp3) is 0.481. The molecule has 1 spiro atoms. The van der Waals surface area contributed by atoms with Crippen molar-refractivity contribution in [1.29, 1.82) is 0 Å². The summed E-state index contributed by atoms with van der Waals surface area (Å²) in [4.78, 5) is 25.9. The maximum atomic E-state index is 6.08. The van der Waals surface area contributed by atoms with E-state index in [2.05, 4.69) is 62.9 Å². The standard InChI is InChI=1S/C27H32N8O2/c1-17-15-36-11-10-35(17)24-20-4-6-22(18-3-5-21-19(13-18)14-29-25(28)30-21)33(2)23(20)31-26(32-24)34-9-12-37-27(16-34)7-8-27/h3-6,13-14,17,23H,7-12,15-16H2,1-2H3,(H2,28,29,30)/t17-,23?/m0/s1. The zero-order chi connectivity index (χ0) is 25.1. The number of hydrogen-bond donors (Lipinski definition) is 1. The van der Waals surface area contributed by atoms with Crippen LogP contribution < -0.4 is 5.73 Å². The molecule has 1 aromatic carbocycles. The van der Waals surface area contributed by atoms with Crippen LogP contribution in [0.4, 0.5) is 5.95 Å². The van der Waals surface area contributed by atoms with Gasteiger partial charge in [0.05, 0.1) is 37.0 Å². The lowest BCUT2D eigenvalue weighted by Crippen LogP contribution is -2.54. The minimum atomic E-state index is -0.172. The number of nitrogens with zero attached hydrogens (tertiary/aromatic N) is 7. The van der Waals surface area contributed by atoms with Gasteiger partial charge in [-0.2, -0.15) is 4.99 Å². The molecule has 2 N–H and O–H groups in total. The fourth-order valence-electron chi connectivity index (χ4n) is 5.74. The highest BCUT2D eigenvalue weighted by atomic mass is 16.5. The number of morpholine rings is 2. The molecule has 2 atom stereocenters. The molecule has 1 saturated carbocycles. The third kappa shape index (κ3) is 3.95. The number of amidine groups is 1. The Morgan fingerprint density at radius 3 is 2.86 bits per heavy atom. The van der Waals surface area contributed by atoms with Crippen LogP contribution in [0.1, 0.15) is 25.3 Å². The normalized spacial score (nSPS) is 26.9. The van der Waals surface area contributed by atoms with E-state index >= 15 is 0 Å². The molecule has 1 aliphatic carbocycles. The smallest absolute Gasteiger partial charge is 0.225 e. The number of aromatic nitrogens is 2. The summed E-state index contributed by atoms with van der Waals surface area (Å²) < 4.78 is 11.8. The van der Waals surface area contributed by atoms with E-state index in [0.717, 1.165) is 78.6 Å². The summed E-state index contributed by atoms with van der Waals surface area (Å²) in [7, 11) is 2.11. The summed E-state index contributed by atoms with van der Waals surface area (Å²) in [6.45, 7) is 6.80. The van der Waals surface area contributed by atoms with Crippen molar-refractivity contribution in [2.24, 2.45) is 9.98 Å². The predicted molar refractivity (Wildman–Crippen MR) is 143 cm³/mol. The number of nitrogens with two attached hydrogens (primary N) is 1. The van der Waals surface area contributed by atoms with Crippen molar-refractivity contribution in [2.45, 2.75) is 37.6 Å². The first-order chi connectivity index (χ1) is 18.0. The number of benzene rings is 1. The number of rotatable bonds is 1. The average molecular weight is 501 g/mol. The van der Waals surface area contributed by atoms with Crippen LogP contribution in [0.5, 0.6) is 0 Å². The highest BCUT2D eigenvalue weighted by molar-refractivity contribution is 6.09. The third-order valence-electron chi connectivity index (χ3n) is 8.02. The molecular formula is C27H32N8O2. The molecule has 3 fully saturated rings. The summed E-state index contributed by atoms with van der Waals surface area (Å²) in [6, 6.07) is 6.44. The van der Waals surface area contributed by atoms with Crippen LogP contribution in [0.15, 0.2) is 52.1 Å². The SMILES string of the molecule is C[C@H]1COCCN1C1=NC(N2CCOC3(CC3)C2)=NC2C1=CC=C(c1ccc3nc(N)ncc3c1)N2C. The molecule has 0 amide bonds. The zero-order valence-corrected chi connectivity index (χ0v) is 21.3. The Labute approximate surface area is 216 Å². The quantitative estimate of drug-likeness (QED) is 0.635. The van der Waals surface area contributed by atoms with Crippen molar-refractivity contribution in [1.82, 2.24) is 24.7 Å². The van der Waals surface area contributed by atoms with Crippen LogP contribution in [0.25, 0.3) is 16.6 Å². The van der Waals surface area contributed by atoms with Crippen molar-refractivity contribution in [3.05, 3.63) is 47.7 Å². The lowest BCUT2D eigenvalue weighted by molar-refractivity contribution is -0.0249. The first-order valence-corrected chi connectivity index (χ1v) is 13.1. The molecule has 7 rings (SSSR count).